The summed E-state index contributed by atoms with van der Waals surface area (Å²) in [6, 6.07) is 11.6. The molecule has 0 aliphatic rings. The van der Waals surface area contributed by atoms with Gasteiger partial charge in [-0.05, 0) is 24.4 Å². The number of anilines is 1. The maximum atomic E-state index is 12.2. The van der Waals surface area contributed by atoms with E-state index in [0.29, 0.717) is 17.4 Å². The predicted octanol–water partition coefficient (Wildman–Crippen LogP) is 3.45. The van der Waals surface area contributed by atoms with E-state index < -0.39 is 0 Å². The zero-order valence-corrected chi connectivity index (χ0v) is 12.9. The third-order valence-electron chi connectivity index (χ3n) is 3.14. The minimum atomic E-state index is -0.158. The van der Waals surface area contributed by atoms with E-state index in [1.807, 2.05) is 48.8 Å². The second kappa shape index (κ2) is 6.44. The molecule has 3 N–H and O–H groups in total. The zero-order valence-electron chi connectivity index (χ0n) is 12.1. The summed E-state index contributed by atoms with van der Waals surface area (Å²) >= 11 is 1.40. The Kier molecular flexibility index (Phi) is 4.20. The number of nitrogens with zero attached hydrogens (tertiary/aromatic N) is 1. The number of carbonyl (C=O) groups is 1. The third-order valence-corrected chi connectivity index (χ3v) is 4.00. The minimum Gasteiger partial charge on any atom is -0.359 e. The lowest BCUT2D eigenvalue weighted by molar-refractivity contribution is 0.0981. The van der Waals surface area contributed by atoms with E-state index in [9.17, 15) is 4.79 Å². The highest BCUT2D eigenvalue weighted by atomic mass is 32.1. The van der Waals surface area contributed by atoms with Gasteiger partial charge in [0.1, 0.15) is 0 Å². The second-order valence-corrected chi connectivity index (χ2v) is 5.58. The Labute approximate surface area is 132 Å². The van der Waals surface area contributed by atoms with E-state index in [4.69, 9.17) is 0 Å². The molecule has 0 fully saturated rings. The van der Waals surface area contributed by atoms with E-state index in [-0.39, 0.29) is 5.91 Å². The molecule has 1 amide bonds. The van der Waals surface area contributed by atoms with E-state index in [1.54, 1.807) is 6.07 Å². The SMILES string of the molecule is CCN=C(NC(=O)c1cccs1)Nc1c[nH]c2ccccc12. The fourth-order valence-electron chi connectivity index (χ4n) is 2.15. The average Bonchev–Trinajstić information content (AvgIpc) is 3.18. The fourth-order valence-corrected chi connectivity index (χ4v) is 2.77. The van der Waals surface area contributed by atoms with Gasteiger partial charge in [-0.25, -0.2) is 0 Å². The summed E-state index contributed by atoms with van der Waals surface area (Å²) in [4.78, 5) is 20.3. The molecule has 0 aliphatic carbocycles. The molecule has 5 nitrogen and oxygen atoms in total. The van der Waals surface area contributed by atoms with E-state index in [2.05, 4.69) is 20.6 Å². The Morgan fingerprint density at radius 3 is 2.91 bits per heavy atom. The number of thiophene rings is 1. The lowest BCUT2D eigenvalue weighted by Crippen LogP contribution is -2.35. The quantitative estimate of drug-likeness (QED) is 0.512. The Morgan fingerprint density at radius 1 is 1.27 bits per heavy atom. The van der Waals surface area contributed by atoms with Crippen molar-refractivity contribution in [3.8, 4) is 0 Å². The van der Waals surface area contributed by atoms with Crippen LogP contribution < -0.4 is 10.6 Å². The van der Waals surface area contributed by atoms with Crippen LogP contribution in [0.5, 0.6) is 0 Å². The molecule has 0 bridgehead atoms. The molecule has 6 heteroatoms. The van der Waals surface area contributed by atoms with Crippen LogP contribution in [0, 0.1) is 0 Å². The first-order valence-electron chi connectivity index (χ1n) is 7.00. The number of aromatic amines is 1. The van der Waals surface area contributed by atoms with Crippen molar-refractivity contribution in [3.63, 3.8) is 0 Å². The molecule has 0 aliphatic heterocycles. The first-order valence-corrected chi connectivity index (χ1v) is 7.88. The number of nitrogens with one attached hydrogen (secondary N) is 3. The number of benzene rings is 1. The number of rotatable bonds is 3. The summed E-state index contributed by atoms with van der Waals surface area (Å²) in [5, 5.41) is 8.93. The van der Waals surface area contributed by atoms with E-state index >= 15 is 0 Å². The maximum Gasteiger partial charge on any atom is 0.268 e. The first kappa shape index (κ1) is 14.3. The van der Waals surface area contributed by atoms with Crippen LogP contribution in [0.4, 0.5) is 5.69 Å². The number of H-pyrrole nitrogens is 1. The second-order valence-electron chi connectivity index (χ2n) is 4.63. The average molecular weight is 312 g/mol. The van der Waals surface area contributed by atoms with Gasteiger partial charge in [-0.2, -0.15) is 0 Å². The van der Waals surface area contributed by atoms with Gasteiger partial charge in [-0.3, -0.25) is 15.1 Å². The van der Waals surface area contributed by atoms with Crippen LogP contribution in [-0.4, -0.2) is 23.4 Å². The summed E-state index contributed by atoms with van der Waals surface area (Å²) in [6.07, 6.45) is 1.87. The number of fused-ring (bicyclic) bond motifs is 1. The molecule has 0 atom stereocenters. The van der Waals surface area contributed by atoms with Crippen molar-refractivity contribution in [2.75, 3.05) is 11.9 Å². The maximum absolute atomic E-state index is 12.2. The molecule has 3 rings (SSSR count). The molecule has 2 aromatic heterocycles. The molecule has 0 unspecified atom stereocenters. The Hall–Kier alpha value is -2.60. The van der Waals surface area contributed by atoms with Crippen LogP contribution in [0.15, 0.2) is 53.0 Å². The van der Waals surface area contributed by atoms with Crippen molar-refractivity contribution in [1.82, 2.24) is 10.3 Å². The molecule has 0 spiro atoms. The lowest BCUT2D eigenvalue weighted by Gasteiger charge is -2.10. The molecule has 1 aromatic carbocycles. The highest BCUT2D eigenvalue weighted by Gasteiger charge is 2.11. The fraction of sp³-hybridized carbons (Fsp3) is 0.125. The molecule has 112 valence electrons. The van der Waals surface area contributed by atoms with Crippen LogP contribution in [-0.2, 0) is 0 Å². The van der Waals surface area contributed by atoms with Gasteiger partial charge in [0.15, 0.2) is 0 Å². The molecule has 22 heavy (non-hydrogen) atoms. The molecule has 0 radical (unpaired) electrons. The standard InChI is InChI=1S/C16H16N4OS/c1-2-17-16(20-15(21)14-8-5-9-22-14)19-13-10-18-12-7-4-3-6-11(12)13/h3-10,18H,2H2,1H3,(H2,17,19,20,21). The number of amides is 1. The van der Waals surface area contributed by atoms with Crippen molar-refractivity contribution in [3.05, 3.63) is 52.9 Å². The van der Waals surface area contributed by atoms with Crippen LogP contribution in [0.25, 0.3) is 10.9 Å². The van der Waals surface area contributed by atoms with Gasteiger partial charge in [-0.1, -0.05) is 24.3 Å². The normalized spacial score (nSPS) is 11.6. The van der Waals surface area contributed by atoms with Gasteiger partial charge in [0, 0.05) is 23.6 Å². The van der Waals surface area contributed by atoms with Gasteiger partial charge in [0.25, 0.3) is 5.91 Å². The van der Waals surface area contributed by atoms with Crippen molar-refractivity contribution < 1.29 is 4.79 Å². The monoisotopic (exact) mass is 312 g/mol. The molecular weight excluding hydrogens is 296 g/mol. The van der Waals surface area contributed by atoms with Crippen molar-refractivity contribution in [1.29, 1.82) is 0 Å². The van der Waals surface area contributed by atoms with Crippen molar-refractivity contribution in [2.45, 2.75) is 6.92 Å². The lowest BCUT2D eigenvalue weighted by atomic mass is 10.2. The molecule has 3 aromatic rings. The molecule has 0 saturated carbocycles. The molecular formula is C16H16N4OS. The largest absolute Gasteiger partial charge is 0.359 e. The van der Waals surface area contributed by atoms with Gasteiger partial charge >= 0.3 is 0 Å². The zero-order chi connectivity index (χ0) is 15.4. The third kappa shape index (κ3) is 3.01. The Balaban J connectivity index is 1.80. The van der Waals surface area contributed by atoms with Gasteiger partial charge < -0.3 is 10.3 Å². The Bertz CT molecular complexity index is 805. The molecule has 0 saturated heterocycles. The highest BCUT2D eigenvalue weighted by molar-refractivity contribution is 7.12. The minimum absolute atomic E-state index is 0.158. The summed E-state index contributed by atoms with van der Waals surface area (Å²) < 4.78 is 0. The van der Waals surface area contributed by atoms with Crippen molar-refractivity contribution in [2.24, 2.45) is 4.99 Å². The van der Waals surface area contributed by atoms with Crippen molar-refractivity contribution >= 4 is 39.8 Å². The number of hydrogen-bond acceptors (Lipinski definition) is 3. The van der Waals surface area contributed by atoms with Gasteiger partial charge in [0.05, 0.1) is 10.6 Å². The van der Waals surface area contributed by atoms with Crippen LogP contribution in [0.3, 0.4) is 0 Å². The van der Waals surface area contributed by atoms with E-state index in [1.165, 1.54) is 11.3 Å². The molecule has 2 heterocycles. The number of carbonyl (C=O) groups excluding carboxylic acids is 1. The van der Waals surface area contributed by atoms with Crippen LogP contribution in [0.1, 0.15) is 16.6 Å². The predicted molar refractivity (Wildman–Crippen MR) is 91.7 cm³/mol. The highest BCUT2D eigenvalue weighted by Crippen LogP contribution is 2.22. The topological polar surface area (TPSA) is 69.3 Å². The van der Waals surface area contributed by atoms with Gasteiger partial charge in [-0.15, -0.1) is 11.3 Å². The number of aromatic nitrogens is 1. The van der Waals surface area contributed by atoms with Crippen LogP contribution >= 0.6 is 11.3 Å². The Morgan fingerprint density at radius 2 is 2.14 bits per heavy atom. The summed E-state index contributed by atoms with van der Waals surface area (Å²) in [5.41, 5.74) is 1.92. The summed E-state index contributed by atoms with van der Waals surface area (Å²) in [7, 11) is 0. The number of guanidine groups is 1. The van der Waals surface area contributed by atoms with E-state index in [0.717, 1.165) is 16.6 Å². The smallest absolute Gasteiger partial charge is 0.268 e. The number of para-hydroxylation sites is 1. The first-order chi connectivity index (χ1) is 10.8. The number of aliphatic imine (C=N–C) groups is 1. The number of hydrogen-bond donors (Lipinski definition) is 3. The summed E-state index contributed by atoms with van der Waals surface area (Å²) in [5.74, 6) is 0.292. The van der Waals surface area contributed by atoms with Crippen LogP contribution in [0.2, 0.25) is 0 Å². The summed E-state index contributed by atoms with van der Waals surface area (Å²) in [6.45, 7) is 2.50. The van der Waals surface area contributed by atoms with Gasteiger partial charge in [0.2, 0.25) is 5.96 Å².